The predicted molar refractivity (Wildman–Crippen MR) is 75.6 cm³/mol. The minimum absolute atomic E-state index is 0.284. The van der Waals surface area contributed by atoms with E-state index in [0.29, 0.717) is 24.7 Å². The van der Waals surface area contributed by atoms with Crippen LogP contribution in [-0.2, 0) is 21.3 Å². The number of ether oxygens (including phenoxy) is 1. The summed E-state index contributed by atoms with van der Waals surface area (Å²) in [6.45, 7) is 5.55. The second-order valence-corrected chi connectivity index (χ2v) is 5.96. The van der Waals surface area contributed by atoms with Gasteiger partial charge < -0.3 is 10.1 Å². The number of aryl methyl sites for hydroxylation is 1. The third kappa shape index (κ3) is 4.91. The van der Waals surface area contributed by atoms with Gasteiger partial charge in [0.1, 0.15) is 0 Å². The van der Waals surface area contributed by atoms with E-state index >= 15 is 0 Å². The van der Waals surface area contributed by atoms with Gasteiger partial charge >= 0.3 is 0 Å². The van der Waals surface area contributed by atoms with Crippen molar-refractivity contribution in [1.82, 2.24) is 10.0 Å². The lowest BCUT2D eigenvalue weighted by Crippen LogP contribution is -2.28. The molecule has 0 aromatic heterocycles. The molecule has 0 unspecified atom stereocenters. The standard InChI is InChI=1S/C13H22N2O3S/c1-4-18-8-7-15-19(16,17)13-9-12(10-14-3)6-5-11(13)2/h5-6,9,14-15H,4,7-8,10H2,1-3H3. The maximum Gasteiger partial charge on any atom is 0.240 e. The number of hydrogen-bond acceptors (Lipinski definition) is 4. The van der Waals surface area contributed by atoms with E-state index in [1.165, 1.54) is 0 Å². The van der Waals surface area contributed by atoms with Crippen LogP contribution in [0.2, 0.25) is 0 Å². The van der Waals surface area contributed by atoms with E-state index in [1.54, 1.807) is 13.0 Å². The largest absolute Gasteiger partial charge is 0.380 e. The molecule has 1 rings (SSSR count). The summed E-state index contributed by atoms with van der Waals surface area (Å²) in [5, 5.41) is 3.01. The number of nitrogens with one attached hydrogen (secondary N) is 2. The van der Waals surface area contributed by atoms with Crippen LogP contribution in [0.3, 0.4) is 0 Å². The van der Waals surface area contributed by atoms with Crippen molar-refractivity contribution in [2.75, 3.05) is 26.8 Å². The molecule has 6 heteroatoms. The molecule has 0 saturated heterocycles. The summed E-state index contributed by atoms with van der Waals surface area (Å²) in [4.78, 5) is 0.330. The highest BCUT2D eigenvalue weighted by atomic mass is 32.2. The first-order valence-corrected chi connectivity index (χ1v) is 7.81. The smallest absolute Gasteiger partial charge is 0.240 e. The topological polar surface area (TPSA) is 67.4 Å². The minimum Gasteiger partial charge on any atom is -0.380 e. The number of sulfonamides is 1. The molecule has 0 spiro atoms. The normalized spacial score (nSPS) is 11.7. The van der Waals surface area contributed by atoms with Crippen molar-refractivity contribution in [3.63, 3.8) is 0 Å². The molecule has 0 atom stereocenters. The minimum atomic E-state index is -3.47. The van der Waals surface area contributed by atoms with Gasteiger partial charge in [0.2, 0.25) is 10.0 Å². The maximum absolute atomic E-state index is 12.2. The van der Waals surface area contributed by atoms with Gasteiger partial charge in [-0.2, -0.15) is 0 Å². The van der Waals surface area contributed by atoms with Crippen LogP contribution < -0.4 is 10.0 Å². The van der Waals surface area contributed by atoms with Crippen LogP contribution in [0, 0.1) is 6.92 Å². The fourth-order valence-corrected chi connectivity index (χ4v) is 3.02. The van der Waals surface area contributed by atoms with E-state index < -0.39 is 10.0 Å². The fourth-order valence-electron chi connectivity index (χ4n) is 1.72. The van der Waals surface area contributed by atoms with Crippen LogP contribution in [-0.4, -0.2) is 35.2 Å². The molecule has 0 aliphatic rings. The van der Waals surface area contributed by atoms with Crippen molar-refractivity contribution in [1.29, 1.82) is 0 Å². The molecule has 0 saturated carbocycles. The Balaban J connectivity index is 2.84. The summed E-state index contributed by atoms with van der Waals surface area (Å²) in [7, 11) is -1.64. The lowest BCUT2D eigenvalue weighted by Gasteiger charge is -2.11. The monoisotopic (exact) mass is 286 g/mol. The Kier molecular flexibility index (Phi) is 6.44. The molecule has 0 amide bonds. The van der Waals surface area contributed by atoms with Gasteiger partial charge in [-0.15, -0.1) is 0 Å². The third-order valence-corrected chi connectivity index (χ3v) is 4.27. The van der Waals surface area contributed by atoms with E-state index in [2.05, 4.69) is 10.0 Å². The number of hydrogen-bond donors (Lipinski definition) is 2. The van der Waals surface area contributed by atoms with Gasteiger partial charge in [0.15, 0.2) is 0 Å². The van der Waals surface area contributed by atoms with Gasteiger partial charge in [0, 0.05) is 19.7 Å². The van der Waals surface area contributed by atoms with Gasteiger partial charge in [-0.3, -0.25) is 0 Å². The lowest BCUT2D eigenvalue weighted by molar-refractivity contribution is 0.153. The first-order chi connectivity index (χ1) is 9.01. The molecule has 0 heterocycles. The highest BCUT2D eigenvalue weighted by Crippen LogP contribution is 2.16. The average molecular weight is 286 g/mol. The van der Waals surface area contributed by atoms with E-state index in [4.69, 9.17) is 4.74 Å². The molecule has 0 aliphatic heterocycles. The van der Waals surface area contributed by atoms with E-state index in [-0.39, 0.29) is 6.54 Å². The average Bonchev–Trinajstić information content (AvgIpc) is 2.37. The zero-order valence-electron chi connectivity index (χ0n) is 11.7. The molecule has 1 aromatic rings. The van der Waals surface area contributed by atoms with Crippen molar-refractivity contribution in [2.45, 2.75) is 25.3 Å². The first-order valence-electron chi connectivity index (χ1n) is 6.32. The number of benzene rings is 1. The summed E-state index contributed by atoms with van der Waals surface area (Å²) in [5.41, 5.74) is 1.68. The van der Waals surface area contributed by atoms with E-state index in [1.807, 2.05) is 26.1 Å². The molecule has 5 nitrogen and oxygen atoms in total. The Morgan fingerprint density at radius 1 is 1.32 bits per heavy atom. The summed E-state index contributed by atoms with van der Waals surface area (Å²) in [6.07, 6.45) is 0. The zero-order chi connectivity index (χ0) is 14.3. The Hall–Kier alpha value is -0.950. The van der Waals surface area contributed by atoms with Crippen LogP contribution in [0.1, 0.15) is 18.1 Å². The van der Waals surface area contributed by atoms with E-state index in [9.17, 15) is 8.42 Å². The molecule has 0 radical (unpaired) electrons. The quantitative estimate of drug-likeness (QED) is 0.700. The first kappa shape index (κ1) is 16.1. The van der Waals surface area contributed by atoms with Gasteiger partial charge in [-0.25, -0.2) is 13.1 Å². The van der Waals surface area contributed by atoms with Crippen molar-refractivity contribution in [3.05, 3.63) is 29.3 Å². The second kappa shape index (κ2) is 7.59. The Labute approximate surface area is 115 Å². The van der Waals surface area contributed by atoms with Crippen LogP contribution in [0.25, 0.3) is 0 Å². The Bertz CT molecular complexity index is 501. The second-order valence-electron chi connectivity index (χ2n) is 4.22. The molecule has 0 aliphatic carbocycles. The Morgan fingerprint density at radius 3 is 2.68 bits per heavy atom. The van der Waals surface area contributed by atoms with Crippen molar-refractivity contribution < 1.29 is 13.2 Å². The van der Waals surface area contributed by atoms with Crippen molar-refractivity contribution in [2.24, 2.45) is 0 Å². The predicted octanol–water partition coefficient (Wildman–Crippen LogP) is 1.03. The van der Waals surface area contributed by atoms with Crippen LogP contribution >= 0.6 is 0 Å². The molecular formula is C13H22N2O3S. The van der Waals surface area contributed by atoms with Gasteiger partial charge in [-0.1, -0.05) is 12.1 Å². The molecule has 19 heavy (non-hydrogen) atoms. The van der Waals surface area contributed by atoms with Crippen molar-refractivity contribution >= 4 is 10.0 Å². The number of rotatable bonds is 8. The highest BCUT2D eigenvalue weighted by molar-refractivity contribution is 7.89. The maximum atomic E-state index is 12.2. The van der Waals surface area contributed by atoms with E-state index in [0.717, 1.165) is 11.1 Å². The zero-order valence-corrected chi connectivity index (χ0v) is 12.5. The summed E-state index contributed by atoms with van der Waals surface area (Å²) < 4.78 is 32.0. The van der Waals surface area contributed by atoms with Crippen LogP contribution in [0.15, 0.2) is 23.1 Å². The summed E-state index contributed by atoms with van der Waals surface area (Å²) >= 11 is 0. The van der Waals surface area contributed by atoms with Gasteiger partial charge in [0.25, 0.3) is 0 Å². The lowest BCUT2D eigenvalue weighted by atomic mass is 10.1. The molecule has 2 N–H and O–H groups in total. The van der Waals surface area contributed by atoms with Gasteiger partial charge in [-0.05, 0) is 38.1 Å². The van der Waals surface area contributed by atoms with Crippen molar-refractivity contribution in [3.8, 4) is 0 Å². The third-order valence-electron chi connectivity index (χ3n) is 2.67. The molecule has 0 fully saturated rings. The van der Waals surface area contributed by atoms with Crippen LogP contribution in [0.4, 0.5) is 0 Å². The molecule has 1 aromatic carbocycles. The molecule has 0 bridgehead atoms. The highest BCUT2D eigenvalue weighted by Gasteiger charge is 2.16. The molecule has 108 valence electrons. The molecular weight excluding hydrogens is 264 g/mol. The summed E-state index contributed by atoms with van der Waals surface area (Å²) in [5.74, 6) is 0. The van der Waals surface area contributed by atoms with Crippen LogP contribution in [0.5, 0.6) is 0 Å². The SMILES string of the molecule is CCOCCNS(=O)(=O)c1cc(CNC)ccc1C. The fraction of sp³-hybridized carbons (Fsp3) is 0.538. The Morgan fingerprint density at radius 2 is 2.05 bits per heavy atom. The van der Waals surface area contributed by atoms with Gasteiger partial charge in [0.05, 0.1) is 11.5 Å². The summed E-state index contributed by atoms with van der Waals surface area (Å²) in [6, 6.07) is 5.45.